The highest BCUT2D eigenvalue weighted by molar-refractivity contribution is 5.93. The van der Waals surface area contributed by atoms with Gasteiger partial charge in [-0.25, -0.2) is 4.98 Å². The fourth-order valence-corrected chi connectivity index (χ4v) is 5.82. The maximum atomic E-state index is 11.7. The van der Waals surface area contributed by atoms with Gasteiger partial charge in [-0.3, -0.25) is 9.69 Å². The molecule has 0 N–H and O–H groups in total. The number of nitrogens with zero attached hydrogens (tertiary/aromatic N) is 3. The molecule has 33 heavy (non-hydrogen) atoms. The molecule has 1 unspecified atom stereocenters. The SMILES string of the molecule is CC(=O)C1=CC=C(Cn2ccc3cc(C4=CCN(CC5CCCCC5)CC4)cnc32)C(C)C1. The number of hydrogen-bond acceptors (Lipinski definition) is 3. The molecule has 1 saturated carbocycles. The second kappa shape index (κ2) is 9.80. The van der Waals surface area contributed by atoms with Crippen molar-refractivity contribution in [2.45, 2.75) is 65.3 Å². The van der Waals surface area contributed by atoms with Crippen molar-refractivity contribution < 1.29 is 4.79 Å². The molecule has 1 atom stereocenters. The summed E-state index contributed by atoms with van der Waals surface area (Å²) < 4.78 is 2.25. The molecular weight excluding hydrogens is 406 g/mol. The second-order valence-electron chi connectivity index (χ2n) is 10.4. The number of ketones is 1. The van der Waals surface area contributed by atoms with E-state index in [0.717, 1.165) is 43.1 Å². The summed E-state index contributed by atoms with van der Waals surface area (Å²) in [6.45, 7) is 8.23. The molecule has 174 valence electrons. The number of aromatic nitrogens is 2. The summed E-state index contributed by atoms with van der Waals surface area (Å²) in [4.78, 5) is 19.2. The molecule has 0 aromatic carbocycles. The monoisotopic (exact) mass is 443 g/mol. The molecule has 3 heterocycles. The predicted octanol–water partition coefficient (Wildman–Crippen LogP) is 6.19. The molecule has 0 radical (unpaired) electrons. The topological polar surface area (TPSA) is 38.1 Å². The van der Waals surface area contributed by atoms with Gasteiger partial charge >= 0.3 is 0 Å². The van der Waals surface area contributed by atoms with Gasteiger partial charge in [-0.1, -0.05) is 44.4 Å². The Bertz CT molecular complexity index is 1110. The largest absolute Gasteiger partial charge is 0.328 e. The Hall–Kier alpha value is -2.46. The zero-order chi connectivity index (χ0) is 22.8. The van der Waals surface area contributed by atoms with E-state index in [4.69, 9.17) is 4.98 Å². The van der Waals surface area contributed by atoms with Gasteiger partial charge in [-0.2, -0.15) is 0 Å². The average Bonchev–Trinajstić information content (AvgIpc) is 3.23. The number of allylic oxidation sites excluding steroid dienone is 4. The normalized spacial score (nSPS) is 22.7. The van der Waals surface area contributed by atoms with Crippen molar-refractivity contribution in [1.29, 1.82) is 0 Å². The number of pyridine rings is 1. The zero-order valence-corrected chi connectivity index (χ0v) is 20.2. The summed E-state index contributed by atoms with van der Waals surface area (Å²) in [7, 11) is 0. The van der Waals surface area contributed by atoms with Crippen LogP contribution >= 0.6 is 0 Å². The minimum absolute atomic E-state index is 0.187. The van der Waals surface area contributed by atoms with Crippen LogP contribution in [0.25, 0.3) is 16.6 Å². The molecule has 1 fully saturated rings. The van der Waals surface area contributed by atoms with E-state index in [1.165, 1.54) is 67.3 Å². The number of rotatable bonds is 6. The molecule has 2 aromatic rings. The summed E-state index contributed by atoms with van der Waals surface area (Å²) in [5.41, 5.74) is 6.06. The van der Waals surface area contributed by atoms with E-state index in [1.54, 1.807) is 6.92 Å². The highest BCUT2D eigenvalue weighted by atomic mass is 16.1. The number of Topliss-reactive ketones (excluding diaryl/α,β-unsaturated/α-hetero) is 1. The first-order chi connectivity index (χ1) is 16.1. The van der Waals surface area contributed by atoms with Crippen molar-refractivity contribution >= 4 is 22.4 Å². The molecule has 4 heteroatoms. The Labute approximate surface area is 198 Å². The van der Waals surface area contributed by atoms with Gasteiger partial charge in [-0.05, 0) is 78.9 Å². The molecule has 0 amide bonds. The average molecular weight is 444 g/mol. The van der Waals surface area contributed by atoms with Crippen LogP contribution in [0.15, 0.2) is 53.9 Å². The van der Waals surface area contributed by atoms with Crippen LogP contribution in [0.4, 0.5) is 0 Å². The number of hydrogen-bond donors (Lipinski definition) is 0. The second-order valence-corrected chi connectivity index (χ2v) is 10.4. The van der Waals surface area contributed by atoms with Crippen LogP contribution in [0.3, 0.4) is 0 Å². The third kappa shape index (κ3) is 5.06. The van der Waals surface area contributed by atoms with Crippen LogP contribution < -0.4 is 0 Å². The third-order valence-corrected chi connectivity index (χ3v) is 7.97. The molecule has 4 nitrogen and oxygen atoms in total. The number of fused-ring (bicyclic) bond motifs is 1. The van der Waals surface area contributed by atoms with Gasteiger partial charge in [-0.15, -0.1) is 0 Å². The van der Waals surface area contributed by atoms with Gasteiger partial charge in [0.05, 0.1) is 0 Å². The van der Waals surface area contributed by atoms with E-state index in [0.29, 0.717) is 5.92 Å². The Kier molecular flexibility index (Phi) is 6.64. The summed E-state index contributed by atoms with van der Waals surface area (Å²) in [6, 6.07) is 4.50. The lowest BCUT2D eigenvalue weighted by molar-refractivity contribution is -0.113. The van der Waals surface area contributed by atoms with Crippen LogP contribution in [-0.2, 0) is 11.3 Å². The first-order valence-electron chi connectivity index (χ1n) is 12.8. The van der Waals surface area contributed by atoms with Crippen molar-refractivity contribution in [3.63, 3.8) is 0 Å². The molecule has 5 rings (SSSR count). The molecule has 1 aliphatic heterocycles. The summed E-state index contributed by atoms with van der Waals surface area (Å²) >= 11 is 0. The lowest BCUT2D eigenvalue weighted by Crippen LogP contribution is -2.34. The Morgan fingerprint density at radius 2 is 2.03 bits per heavy atom. The van der Waals surface area contributed by atoms with Gasteiger partial charge in [0.2, 0.25) is 0 Å². The Balaban J connectivity index is 1.26. The van der Waals surface area contributed by atoms with Crippen LogP contribution in [0.5, 0.6) is 0 Å². The zero-order valence-electron chi connectivity index (χ0n) is 20.2. The van der Waals surface area contributed by atoms with Crippen molar-refractivity contribution in [2.24, 2.45) is 11.8 Å². The van der Waals surface area contributed by atoms with Crippen molar-refractivity contribution in [3.05, 3.63) is 59.5 Å². The van der Waals surface area contributed by atoms with Gasteiger partial charge in [0.15, 0.2) is 5.78 Å². The molecule has 0 bridgehead atoms. The van der Waals surface area contributed by atoms with E-state index < -0.39 is 0 Å². The molecule has 0 spiro atoms. The number of carbonyl (C=O) groups is 1. The minimum Gasteiger partial charge on any atom is -0.328 e. The third-order valence-electron chi connectivity index (χ3n) is 7.97. The van der Waals surface area contributed by atoms with Gasteiger partial charge in [0.1, 0.15) is 5.65 Å². The highest BCUT2D eigenvalue weighted by Gasteiger charge is 2.21. The van der Waals surface area contributed by atoms with Gasteiger partial charge in [0.25, 0.3) is 0 Å². The van der Waals surface area contributed by atoms with E-state index >= 15 is 0 Å². The lowest BCUT2D eigenvalue weighted by Gasteiger charge is -2.31. The van der Waals surface area contributed by atoms with E-state index in [-0.39, 0.29) is 5.78 Å². The first-order valence-corrected chi connectivity index (χ1v) is 12.8. The highest BCUT2D eigenvalue weighted by Crippen LogP contribution is 2.30. The molecule has 0 saturated heterocycles. The van der Waals surface area contributed by atoms with E-state index in [2.05, 4.69) is 53.1 Å². The first kappa shape index (κ1) is 22.3. The lowest BCUT2D eigenvalue weighted by atomic mass is 9.87. The van der Waals surface area contributed by atoms with Gasteiger partial charge in [0, 0.05) is 44.0 Å². The summed E-state index contributed by atoms with van der Waals surface area (Å²) in [5.74, 6) is 1.49. The smallest absolute Gasteiger partial charge is 0.155 e. The van der Waals surface area contributed by atoms with E-state index in [9.17, 15) is 4.79 Å². The van der Waals surface area contributed by atoms with Crippen LogP contribution in [-0.4, -0.2) is 39.9 Å². The molecule has 2 aliphatic carbocycles. The maximum Gasteiger partial charge on any atom is 0.155 e. The standard InChI is InChI=1S/C29H37N3O/c1-21-16-25(22(2)33)8-9-27(21)20-32-15-12-26-17-28(18-30-29(26)32)24-10-13-31(14-11-24)19-23-6-4-3-5-7-23/h8-10,12,15,17-18,21,23H,3-7,11,13-14,16,19-20H2,1-2H3. The van der Waals surface area contributed by atoms with Crippen molar-refractivity contribution in [2.75, 3.05) is 19.6 Å². The van der Waals surface area contributed by atoms with Gasteiger partial charge < -0.3 is 4.57 Å². The number of carbonyl (C=O) groups excluding carboxylic acids is 1. The van der Waals surface area contributed by atoms with Crippen molar-refractivity contribution in [1.82, 2.24) is 14.5 Å². The Morgan fingerprint density at radius 1 is 1.18 bits per heavy atom. The summed E-state index contributed by atoms with van der Waals surface area (Å²) in [6.07, 6.45) is 19.9. The van der Waals surface area contributed by atoms with Crippen LogP contribution in [0, 0.1) is 11.8 Å². The van der Waals surface area contributed by atoms with Crippen molar-refractivity contribution in [3.8, 4) is 0 Å². The molecule has 2 aromatic heterocycles. The van der Waals surface area contributed by atoms with E-state index in [1.807, 2.05) is 6.08 Å². The fraction of sp³-hybridized carbons (Fsp3) is 0.517. The minimum atomic E-state index is 0.187. The maximum absolute atomic E-state index is 11.7. The van der Waals surface area contributed by atoms with Crippen LogP contribution in [0.1, 0.15) is 64.4 Å². The summed E-state index contributed by atoms with van der Waals surface area (Å²) in [5, 5.41) is 1.21. The fourth-order valence-electron chi connectivity index (χ4n) is 5.82. The Morgan fingerprint density at radius 3 is 2.76 bits per heavy atom. The quantitative estimate of drug-likeness (QED) is 0.534. The molecular formula is C29H37N3O. The predicted molar refractivity (Wildman–Crippen MR) is 136 cm³/mol. The van der Waals surface area contributed by atoms with Crippen LogP contribution in [0.2, 0.25) is 0 Å². The molecule has 3 aliphatic rings.